The minimum Gasteiger partial charge on any atom is -0.344 e. The molecule has 0 aliphatic rings. The van der Waals surface area contributed by atoms with Crippen LogP contribution in [0.2, 0.25) is 0 Å². The molecular weight excluding hydrogens is 234 g/mol. The van der Waals surface area contributed by atoms with E-state index < -0.39 is 0 Å². The Bertz CT molecular complexity index is 340. The van der Waals surface area contributed by atoms with Gasteiger partial charge in [0.1, 0.15) is 0 Å². The Morgan fingerprint density at radius 2 is 2.35 bits per heavy atom. The van der Waals surface area contributed by atoms with Crippen molar-refractivity contribution in [1.82, 2.24) is 9.88 Å². The summed E-state index contributed by atoms with van der Waals surface area (Å²) in [6, 6.07) is -0.388. The molecule has 2 unspecified atom stereocenters. The fraction of sp³-hybridized carbons (Fsp3) is 0.667. The molecule has 0 aromatic carbocycles. The minimum atomic E-state index is -0.388. The number of likely N-dealkylation sites (N-methyl/N-ethyl adjacent to an activating group) is 1. The van der Waals surface area contributed by atoms with E-state index in [4.69, 9.17) is 5.73 Å². The second-order valence-corrected chi connectivity index (χ2v) is 5.33. The minimum absolute atomic E-state index is 0.0240. The molecule has 0 radical (unpaired) electrons. The van der Waals surface area contributed by atoms with Gasteiger partial charge in [0.2, 0.25) is 5.91 Å². The van der Waals surface area contributed by atoms with Gasteiger partial charge in [0.05, 0.1) is 11.0 Å². The molecule has 0 saturated heterocycles. The highest BCUT2D eigenvalue weighted by Crippen LogP contribution is 2.09. The van der Waals surface area contributed by atoms with E-state index in [1.807, 2.05) is 19.2 Å². The van der Waals surface area contributed by atoms with Crippen LogP contribution in [-0.4, -0.2) is 35.4 Å². The van der Waals surface area contributed by atoms with Crippen molar-refractivity contribution in [3.63, 3.8) is 0 Å². The lowest BCUT2D eigenvalue weighted by Crippen LogP contribution is -2.46. The predicted molar refractivity (Wildman–Crippen MR) is 70.9 cm³/mol. The number of carbonyl (C=O) groups is 1. The number of hydrogen-bond acceptors (Lipinski definition) is 4. The Labute approximate surface area is 107 Å². The van der Waals surface area contributed by atoms with Crippen molar-refractivity contribution < 1.29 is 4.79 Å². The number of aromatic nitrogens is 1. The van der Waals surface area contributed by atoms with Gasteiger partial charge in [0.25, 0.3) is 0 Å². The maximum absolute atomic E-state index is 12.0. The lowest BCUT2D eigenvalue weighted by molar-refractivity contribution is -0.132. The smallest absolute Gasteiger partial charge is 0.239 e. The van der Waals surface area contributed by atoms with Gasteiger partial charge in [-0.15, -0.1) is 11.3 Å². The van der Waals surface area contributed by atoms with Crippen molar-refractivity contribution in [3.05, 3.63) is 16.6 Å². The summed E-state index contributed by atoms with van der Waals surface area (Å²) in [5.41, 5.74) is 5.92. The third-order valence-electron chi connectivity index (χ3n) is 3.06. The molecule has 0 aliphatic carbocycles. The van der Waals surface area contributed by atoms with Crippen LogP contribution < -0.4 is 5.73 Å². The molecule has 1 heterocycles. The Kier molecular flexibility index (Phi) is 5.58. The number of amides is 1. The highest BCUT2D eigenvalue weighted by Gasteiger charge is 2.22. The molecular formula is C12H21N3OS. The van der Waals surface area contributed by atoms with Crippen LogP contribution in [0.4, 0.5) is 0 Å². The summed E-state index contributed by atoms with van der Waals surface area (Å²) < 4.78 is 0. The SMILES string of the molecule is CCC(C)C(N)C(=O)N(C)CCc1nccs1. The van der Waals surface area contributed by atoms with E-state index in [0.29, 0.717) is 6.54 Å². The van der Waals surface area contributed by atoms with E-state index in [-0.39, 0.29) is 17.9 Å². The molecule has 1 aromatic rings. The molecule has 4 nitrogen and oxygen atoms in total. The lowest BCUT2D eigenvalue weighted by atomic mass is 9.99. The number of nitrogens with two attached hydrogens (primary N) is 1. The van der Waals surface area contributed by atoms with Crippen LogP contribution in [0.15, 0.2) is 11.6 Å². The van der Waals surface area contributed by atoms with Gasteiger partial charge in [-0.3, -0.25) is 4.79 Å². The van der Waals surface area contributed by atoms with Gasteiger partial charge in [0.15, 0.2) is 0 Å². The van der Waals surface area contributed by atoms with Gasteiger partial charge < -0.3 is 10.6 Å². The second-order valence-electron chi connectivity index (χ2n) is 4.35. The summed E-state index contributed by atoms with van der Waals surface area (Å²) in [5.74, 6) is 0.251. The number of hydrogen-bond donors (Lipinski definition) is 1. The predicted octanol–water partition coefficient (Wildman–Crippen LogP) is 1.52. The van der Waals surface area contributed by atoms with E-state index in [1.165, 1.54) is 0 Å². The monoisotopic (exact) mass is 255 g/mol. The molecule has 1 amide bonds. The summed E-state index contributed by atoms with van der Waals surface area (Å²) in [7, 11) is 1.80. The van der Waals surface area contributed by atoms with Gasteiger partial charge >= 0.3 is 0 Å². The van der Waals surface area contributed by atoms with E-state index in [1.54, 1.807) is 29.5 Å². The molecule has 1 rings (SSSR count). The van der Waals surface area contributed by atoms with Crippen molar-refractivity contribution in [2.24, 2.45) is 11.7 Å². The van der Waals surface area contributed by atoms with Gasteiger partial charge in [-0.25, -0.2) is 4.98 Å². The first-order chi connectivity index (χ1) is 8.06. The first kappa shape index (κ1) is 14.1. The highest BCUT2D eigenvalue weighted by atomic mass is 32.1. The number of nitrogens with zero attached hydrogens (tertiary/aromatic N) is 2. The van der Waals surface area contributed by atoms with Crippen LogP contribution in [-0.2, 0) is 11.2 Å². The zero-order valence-electron chi connectivity index (χ0n) is 10.7. The molecule has 17 heavy (non-hydrogen) atoms. The average molecular weight is 255 g/mol. The van der Waals surface area contributed by atoms with Crippen LogP contribution in [0.25, 0.3) is 0 Å². The van der Waals surface area contributed by atoms with Crippen LogP contribution in [0.3, 0.4) is 0 Å². The number of carbonyl (C=O) groups excluding carboxylic acids is 1. The molecule has 0 fully saturated rings. The molecule has 5 heteroatoms. The summed E-state index contributed by atoms with van der Waals surface area (Å²) >= 11 is 1.62. The van der Waals surface area contributed by atoms with E-state index in [0.717, 1.165) is 17.8 Å². The molecule has 2 N–H and O–H groups in total. The highest BCUT2D eigenvalue weighted by molar-refractivity contribution is 7.09. The van der Waals surface area contributed by atoms with Crippen molar-refractivity contribution in [2.45, 2.75) is 32.7 Å². The van der Waals surface area contributed by atoms with Crippen LogP contribution in [0.1, 0.15) is 25.3 Å². The number of rotatable bonds is 6. The normalized spacial score (nSPS) is 14.4. The van der Waals surface area contributed by atoms with Crippen molar-refractivity contribution in [3.8, 4) is 0 Å². The van der Waals surface area contributed by atoms with Crippen molar-refractivity contribution >= 4 is 17.2 Å². The van der Waals surface area contributed by atoms with Gasteiger partial charge in [-0.2, -0.15) is 0 Å². The quantitative estimate of drug-likeness (QED) is 0.838. The first-order valence-corrected chi connectivity index (χ1v) is 6.83. The maximum Gasteiger partial charge on any atom is 0.239 e. The summed E-state index contributed by atoms with van der Waals surface area (Å²) in [6.07, 6.45) is 3.51. The standard InChI is InChI=1S/C12H21N3OS/c1-4-9(2)11(13)12(16)15(3)7-5-10-14-6-8-17-10/h6,8-9,11H,4-5,7,13H2,1-3H3. The summed E-state index contributed by atoms with van der Waals surface area (Å²) in [4.78, 5) is 17.9. The van der Waals surface area contributed by atoms with Crippen molar-refractivity contribution in [1.29, 1.82) is 0 Å². The second kappa shape index (κ2) is 6.71. The third kappa shape index (κ3) is 4.09. The molecule has 96 valence electrons. The fourth-order valence-corrected chi connectivity index (χ4v) is 2.11. The van der Waals surface area contributed by atoms with Crippen LogP contribution in [0, 0.1) is 5.92 Å². The summed E-state index contributed by atoms with van der Waals surface area (Å²) in [5, 5.41) is 3.00. The molecule has 0 aliphatic heterocycles. The molecule has 1 aromatic heterocycles. The van der Waals surface area contributed by atoms with Crippen molar-refractivity contribution in [2.75, 3.05) is 13.6 Å². The van der Waals surface area contributed by atoms with Gasteiger partial charge in [-0.1, -0.05) is 20.3 Å². The zero-order chi connectivity index (χ0) is 12.8. The summed E-state index contributed by atoms with van der Waals surface area (Å²) in [6.45, 7) is 4.74. The van der Waals surface area contributed by atoms with Gasteiger partial charge in [-0.05, 0) is 5.92 Å². The molecule has 0 spiro atoms. The Balaban J connectivity index is 2.41. The molecule has 2 atom stereocenters. The maximum atomic E-state index is 12.0. The van der Waals surface area contributed by atoms with E-state index >= 15 is 0 Å². The number of thiazole rings is 1. The van der Waals surface area contributed by atoms with Crippen LogP contribution in [0.5, 0.6) is 0 Å². The Morgan fingerprint density at radius 3 is 2.88 bits per heavy atom. The van der Waals surface area contributed by atoms with E-state index in [2.05, 4.69) is 4.98 Å². The largest absolute Gasteiger partial charge is 0.344 e. The molecule has 0 bridgehead atoms. The third-order valence-corrected chi connectivity index (χ3v) is 3.90. The lowest BCUT2D eigenvalue weighted by Gasteiger charge is -2.24. The fourth-order valence-electron chi connectivity index (χ4n) is 1.50. The Hall–Kier alpha value is -0.940. The first-order valence-electron chi connectivity index (χ1n) is 5.95. The molecule has 0 saturated carbocycles. The topological polar surface area (TPSA) is 59.2 Å². The van der Waals surface area contributed by atoms with E-state index in [9.17, 15) is 4.79 Å². The van der Waals surface area contributed by atoms with Crippen LogP contribution >= 0.6 is 11.3 Å². The zero-order valence-corrected chi connectivity index (χ0v) is 11.5. The Morgan fingerprint density at radius 1 is 1.65 bits per heavy atom. The average Bonchev–Trinajstić information content (AvgIpc) is 2.86. The van der Waals surface area contributed by atoms with Gasteiger partial charge in [0, 0.05) is 31.6 Å².